The summed E-state index contributed by atoms with van der Waals surface area (Å²) in [5.41, 5.74) is 0.180. The van der Waals surface area contributed by atoms with Crippen molar-refractivity contribution in [2.75, 3.05) is 23.9 Å². The molecule has 1 aliphatic heterocycles. The van der Waals surface area contributed by atoms with Gasteiger partial charge in [-0.15, -0.1) is 0 Å². The van der Waals surface area contributed by atoms with E-state index in [0.29, 0.717) is 25.3 Å². The van der Waals surface area contributed by atoms with Crippen molar-refractivity contribution in [3.05, 3.63) is 42.5 Å². The van der Waals surface area contributed by atoms with Gasteiger partial charge in [-0.1, -0.05) is 36.4 Å². The number of benzene rings is 2. The maximum atomic E-state index is 12.2. The predicted molar refractivity (Wildman–Crippen MR) is 111 cm³/mol. The third-order valence-corrected chi connectivity index (χ3v) is 5.61. The number of carbonyl (C=O) groups is 1. The molecule has 0 saturated carbocycles. The van der Waals surface area contributed by atoms with Crippen LogP contribution in [0.5, 0.6) is 0 Å². The standard InChI is InChI=1S/C21H28N2O4S/c1-21(2,3)27-20(24)22-13-11-16(12-14-22)15-23(28(25)26)19-10-6-8-17-7-4-5-9-18(17)19/h4-10,16H,11-15H2,1-3H3,(H,25,26)/p-1. The number of fused-ring (bicyclic) bond motifs is 1. The summed E-state index contributed by atoms with van der Waals surface area (Å²) in [6.45, 7) is 7.12. The molecule has 0 aromatic heterocycles. The topological polar surface area (TPSA) is 72.9 Å². The summed E-state index contributed by atoms with van der Waals surface area (Å²) in [5, 5.41) is 1.93. The zero-order chi connectivity index (χ0) is 20.3. The van der Waals surface area contributed by atoms with Gasteiger partial charge in [-0.25, -0.2) is 4.79 Å². The highest BCUT2D eigenvalue weighted by molar-refractivity contribution is 7.80. The first-order valence-corrected chi connectivity index (χ1v) is 10.6. The lowest BCUT2D eigenvalue weighted by atomic mass is 9.96. The lowest BCUT2D eigenvalue weighted by Crippen LogP contribution is -2.44. The molecule has 2 aromatic rings. The Morgan fingerprint density at radius 3 is 2.46 bits per heavy atom. The van der Waals surface area contributed by atoms with Crippen LogP contribution >= 0.6 is 0 Å². The number of ether oxygens (including phenoxy) is 1. The predicted octanol–water partition coefficient (Wildman–Crippen LogP) is 4.09. The minimum atomic E-state index is -2.36. The Labute approximate surface area is 168 Å². The van der Waals surface area contributed by atoms with Crippen LogP contribution in [0.4, 0.5) is 10.5 Å². The van der Waals surface area contributed by atoms with Gasteiger partial charge in [0.25, 0.3) is 0 Å². The number of hydrogen-bond donors (Lipinski definition) is 0. The van der Waals surface area contributed by atoms with E-state index in [1.807, 2.05) is 63.2 Å². The molecular weight excluding hydrogens is 376 g/mol. The van der Waals surface area contributed by atoms with Crippen LogP contribution in [0.2, 0.25) is 0 Å². The minimum absolute atomic E-state index is 0.190. The van der Waals surface area contributed by atoms with Crippen LogP contribution in [0.15, 0.2) is 42.5 Å². The highest BCUT2D eigenvalue weighted by Gasteiger charge is 2.28. The molecule has 0 radical (unpaired) electrons. The summed E-state index contributed by atoms with van der Waals surface area (Å²) in [7, 11) is 0. The molecule has 1 atom stereocenters. The van der Waals surface area contributed by atoms with Crippen molar-refractivity contribution >= 4 is 33.8 Å². The van der Waals surface area contributed by atoms with Gasteiger partial charge < -0.3 is 18.5 Å². The molecular formula is C21H27N2O4S-. The molecule has 0 bridgehead atoms. The van der Waals surface area contributed by atoms with Crippen LogP contribution in [0.25, 0.3) is 10.8 Å². The first-order chi connectivity index (χ1) is 13.2. The van der Waals surface area contributed by atoms with Gasteiger partial charge in [-0.05, 0) is 51.0 Å². The lowest BCUT2D eigenvalue weighted by molar-refractivity contribution is 0.0187. The van der Waals surface area contributed by atoms with Gasteiger partial charge in [0.05, 0.1) is 5.69 Å². The third kappa shape index (κ3) is 5.02. The van der Waals surface area contributed by atoms with E-state index < -0.39 is 16.9 Å². The summed E-state index contributed by atoms with van der Waals surface area (Å²) < 4.78 is 30.8. The first-order valence-electron chi connectivity index (χ1n) is 9.57. The Balaban J connectivity index is 1.68. The number of nitrogens with zero attached hydrogens (tertiary/aromatic N) is 2. The maximum Gasteiger partial charge on any atom is 0.410 e. The van der Waals surface area contributed by atoms with Gasteiger partial charge in [0.2, 0.25) is 0 Å². The summed E-state index contributed by atoms with van der Waals surface area (Å²) in [5.74, 6) is 0.190. The fraction of sp³-hybridized carbons (Fsp3) is 0.476. The molecule has 1 aliphatic rings. The molecule has 1 saturated heterocycles. The van der Waals surface area contributed by atoms with Gasteiger partial charge in [0, 0.05) is 36.3 Å². The Morgan fingerprint density at radius 1 is 1.18 bits per heavy atom. The van der Waals surface area contributed by atoms with Crippen molar-refractivity contribution < 1.29 is 18.3 Å². The molecule has 0 spiro atoms. The van der Waals surface area contributed by atoms with Crippen molar-refractivity contribution in [3.8, 4) is 0 Å². The maximum absolute atomic E-state index is 12.2. The summed E-state index contributed by atoms with van der Waals surface area (Å²) in [6, 6.07) is 13.5. The molecule has 2 aromatic carbocycles. The molecule has 1 unspecified atom stereocenters. The second kappa shape index (κ2) is 8.49. The normalized spacial score (nSPS) is 16.8. The summed E-state index contributed by atoms with van der Waals surface area (Å²) in [6.07, 6.45) is 1.19. The molecule has 152 valence electrons. The number of amides is 1. The van der Waals surface area contributed by atoms with Gasteiger partial charge in [0.1, 0.15) is 5.60 Å². The Hall–Kier alpha value is -2.12. The highest BCUT2D eigenvalue weighted by Crippen LogP contribution is 2.30. The van der Waals surface area contributed by atoms with Gasteiger partial charge in [0.15, 0.2) is 0 Å². The Kier molecular flexibility index (Phi) is 6.25. The van der Waals surface area contributed by atoms with E-state index >= 15 is 0 Å². The molecule has 1 heterocycles. The number of anilines is 1. The Morgan fingerprint density at radius 2 is 1.82 bits per heavy atom. The molecule has 3 rings (SSSR count). The van der Waals surface area contributed by atoms with Crippen LogP contribution in [-0.4, -0.2) is 45.0 Å². The lowest BCUT2D eigenvalue weighted by Gasteiger charge is -2.36. The number of piperidine rings is 1. The van der Waals surface area contributed by atoms with E-state index in [-0.39, 0.29) is 12.0 Å². The minimum Gasteiger partial charge on any atom is -0.755 e. The molecule has 6 nitrogen and oxygen atoms in total. The van der Waals surface area contributed by atoms with E-state index in [0.717, 1.165) is 23.6 Å². The molecule has 0 aliphatic carbocycles. The van der Waals surface area contributed by atoms with Crippen molar-refractivity contribution in [3.63, 3.8) is 0 Å². The van der Waals surface area contributed by atoms with E-state index in [9.17, 15) is 13.6 Å². The zero-order valence-corrected chi connectivity index (χ0v) is 17.4. The van der Waals surface area contributed by atoms with Crippen LogP contribution in [0.1, 0.15) is 33.6 Å². The highest BCUT2D eigenvalue weighted by atomic mass is 32.2. The fourth-order valence-electron chi connectivity index (χ4n) is 3.52. The number of rotatable bonds is 4. The molecule has 1 fully saturated rings. The van der Waals surface area contributed by atoms with Crippen LogP contribution in [0, 0.1) is 5.92 Å². The zero-order valence-electron chi connectivity index (χ0n) is 16.6. The average molecular weight is 404 g/mol. The number of carbonyl (C=O) groups excluding carboxylic acids is 1. The molecule has 1 amide bonds. The van der Waals surface area contributed by atoms with E-state index in [1.54, 1.807) is 4.90 Å². The summed E-state index contributed by atoms with van der Waals surface area (Å²) in [4.78, 5) is 13.9. The van der Waals surface area contributed by atoms with Crippen molar-refractivity contribution in [2.45, 2.75) is 39.2 Å². The van der Waals surface area contributed by atoms with Crippen molar-refractivity contribution in [1.29, 1.82) is 0 Å². The SMILES string of the molecule is CC(C)(C)OC(=O)N1CCC(CN(c2cccc3ccccc23)S(=O)[O-])CC1. The monoisotopic (exact) mass is 403 g/mol. The van der Waals surface area contributed by atoms with Gasteiger partial charge in [-0.3, -0.25) is 4.21 Å². The van der Waals surface area contributed by atoms with Gasteiger partial charge in [-0.2, -0.15) is 0 Å². The van der Waals surface area contributed by atoms with Gasteiger partial charge >= 0.3 is 6.09 Å². The average Bonchev–Trinajstić information content (AvgIpc) is 2.64. The second-order valence-electron chi connectivity index (χ2n) is 8.19. The second-order valence-corrected chi connectivity index (χ2v) is 9.06. The number of likely N-dealkylation sites (tertiary alicyclic amines) is 1. The largest absolute Gasteiger partial charge is 0.755 e. The Bertz CT molecular complexity index is 852. The van der Waals surface area contributed by atoms with E-state index in [4.69, 9.17) is 4.74 Å². The molecule has 0 N–H and O–H groups in total. The van der Waals surface area contributed by atoms with E-state index in [2.05, 4.69) is 0 Å². The summed E-state index contributed by atoms with van der Waals surface area (Å²) >= 11 is -2.36. The van der Waals surface area contributed by atoms with Crippen molar-refractivity contribution in [1.82, 2.24) is 4.90 Å². The fourth-order valence-corrected chi connectivity index (χ4v) is 4.18. The van der Waals surface area contributed by atoms with Crippen LogP contribution in [-0.2, 0) is 16.0 Å². The molecule has 7 heteroatoms. The third-order valence-electron chi connectivity index (χ3n) is 4.91. The quantitative estimate of drug-likeness (QED) is 0.721. The van der Waals surface area contributed by atoms with E-state index in [1.165, 1.54) is 4.31 Å². The number of hydrogen-bond acceptors (Lipinski definition) is 4. The molecule has 28 heavy (non-hydrogen) atoms. The first kappa shape index (κ1) is 20.6. The smallest absolute Gasteiger partial charge is 0.410 e. The van der Waals surface area contributed by atoms with Crippen LogP contribution in [0.3, 0.4) is 0 Å². The van der Waals surface area contributed by atoms with Crippen LogP contribution < -0.4 is 4.31 Å². The van der Waals surface area contributed by atoms with Crippen molar-refractivity contribution in [2.24, 2.45) is 5.92 Å².